The van der Waals surface area contributed by atoms with Crippen molar-refractivity contribution in [1.29, 1.82) is 0 Å². The Labute approximate surface area is 117 Å². The molecule has 96 valence electrons. The van der Waals surface area contributed by atoms with Gasteiger partial charge >= 0.3 is 0 Å². The maximum Gasteiger partial charge on any atom is 0.179 e. The van der Waals surface area contributed by atoms with Crippen molar-refractivity contribution in [3.05, 3.63) is 20.3 Å². The van der Waals surface area contributed by atoms with E-state index in [9.17, 15) is 4.79 Å². The molecule has 17 heavy (non-hydrogen) atoms. The number of Topliss-reactive ketones (excluding diaryl/α,β-unsaturated/α-hetero) is 1. The fraction of sp³-hybridized carbons (Fsp3) is 0.583. The molecule has 0 fully saturated rings. The number of halogens is 2. The minimum atomic E-state index is 0.0390. The number of unbranched alkanes of at least 4 members (excludes halogenated alkanes) is 2. The van der Waals surface area contributed by atoms with E-state index in [1.807, 2.05) is 11.9 Å². The Balaban J connectivity index is 2.46. The number of nitrogens with zero attached hydrogens (tertiary/aromatic N) is 1. The highest BCUT2D eigenvalue weighted by atomic mass is 35.5. The van der Waals surface area contributed by atoms with Crippen LogP contribution in [-0.4, -0.2) is 30.8 Å². The first-order valence-electron chi connectivity index (χ1n) is 5.71. The van der Waals surface area contributed by atoms with Crippen molar-refractivity contribution in [2.24, 2.45) is 0 Å². The van der Waals surface area contributed by atoms with E-state index in [1.54, 1.807) is 6.07 Å². The molecule has 1 rings (SSSR count). The SMILES string of the molecule is CCCCCN(C)CC(=O)c1cc(Cl)sc1Cl. The van der Waals surface area contributed by atoms with Crippen molar-refractivity contribution in [3.8, 4) is 0 Å². The van der Waals surface area contributed by atoms with E-state index in [0.717, 1.165) is 13.0 Å². The average Bonchev–Trinajstić information content (AvgIpc) is 2.58. The van der Waals surface area contributed by atoms with E-state index < -0.39 is 0 Å². The van der Waals surface area contributed by atoms with E-state index in [1.165, 1.54) is 24.2 Å². The zero-order valence-corrected chi connectivity index (χ0v) is 12.5. The fourth-order valence-electron chi connectivity index (χ4n) is 1.57. The summed E-state index contributed by atoms with van der Waals surface area (Å²) in [7, 11) is 1.95. The molecule has 1 aromatic heterocycles. The topological polar surface area (TPSA) is 20.3 Å². The predicted molar refractivity (Wildman–Crippen MR) is 75.7 cm³/mol. The Kier molecular flexibility index (Phi) is 6.49. The third-order valence-electron chi connectivity index (χ3n) is 2.51. The van der Waals surface area contributed by atoms with Gasteiger partial charge in [-0.3, -0.25) is 9.69 Å². The molecule has 1 aromatic rings. The van der Waals surface area contributed by atoms with Crippen molar-refractivity contribution in [2.75, 3.05) is 20.1 Å². The van der Waals surface area contributed by atoms with Gasteiger partial charge in [0, 0.05) is 0 Å². The van der Waals surface area contributed by atoms with Crippen LogP contribution in [0.3, 0.4) is 0 Å². The molecule has 2 nitrogen and oxygen atoms in total. The summed E-state index contributed by atoms with van der Waals surface area (Å²) in [5.41, 5.74) is 0.545. The van der Waals surface area contributed by atoms with Gasteiger partial charge in [-0.15, -0.1) is 11.3 Å². The second kappa shape index (κ2) is 7.37. The van der Waals surface area contributed by atoms with E-state index in [2.05, 4.69) is 6.92 Å². The van der Waals surface area contributed by atoms with Crippen LogP contribution in [0.15, 0.2) is 6.07 Å². The second-order valence-corrected chi connectivity index (χ2v) is 6.39. The summed E-state index contributed by atoms with van der Waals surface area (Å²) in [4.78, 5) is 14.0. The van der Waals surface area contributed by atoms with E-state index in [-0.39, 0.29) is 5.78 Å². The monoisotopic (exact) mass is 293 g/mol. The Morgan fingerprint density at radius 1 is 1.41 bits per heavy atom. The summed E-state index contributed by atoms with van der Waals surface area (Å²) < 4.78 is 1.05. The highest BCUT2D eigenvalue weighted by molar-refractivity contribution is 7.20. The minimum Gasteiger partial charge on any atom is -0.299 e. The molecule has 0 aliphatic carbocycles. The van der Waals surface area contributed by atoms with E-state index in [0.29, 0.717) is 20.8 Å². The third-order valence-corrected chi connectivity index (χ3v) is 4.00. The Morgan fingerprint density at radius 2 is 2.12 bits per heavy atom. The van der Waals surface area contributed by atoms with Crippen LogP contribution in [0.5, 0.6) is 0 Å². The lowest BCUT2D eigenvalue weighted by Gasteiger charge is -2.14. The van der Waals surface area contributed by atoms with Crippen molar-refractivity contribution >= 4 is 40.3 Å². The molecule has 0 spiro atoms. The molecular weight excluding hydrogens is 277 g/mol. The zero-order valence-electron chi connectivity index (χ0n) is 10.1. The van der Waals surface area contributed by atoms with Crippen LogP contribution in [0.4, 0.5) is 0 Å². The number of ketones is 1. The van der Waals surface area contributed by atoms with E-state index in [4.69, 9.17) is 23.2 Å². The van der Waals surface area contributed by atoms with Crippen LogP contribution in [-0.2, 0) is 0 Å². The van der Waals surface area contributed by atoms with Crippen LogP contribution in [0.2, 0.25) is 8.67 Å². The van der Waals surface area contributed by atoms with Gasteiger partial charge in [0.2, 0.25) is 0 Å². The number of likely N-dealkylation sites (N-methyl/N-ethyl adjacent to an activating group) is 1. The quantitative estimate of drug-likeness (QED) is 0.550. The summed E-state index contributed by atoms with van der Waals surface area (Å²) in [6.45, 7) is 3.50. The lowest BCUT2D eigenvalue weighted by Crippen LogP contribution is -2.26. The molecule has 0 saturated carbocycles. The molecule has 0 saturated heterocycles. The normalized spacial score (nSPS) is 11.1. The summed E-state index contributed by atoms with van der Waals surface area (Å²) >= 11 is 13.0. The minimum absolute atomic E-state index is 0.0390. The van der Waals surface area contributed by atoms with Gasteiger partial charge in [0.1, 0.15) is 4.34 Å². The third kappa shape index (κ3) is 4.96. The van der Waals surface area contributed by atoms with Crippen LogP contribution in [0.1, 0.15) is 36.5 Å². The molecule has 0 aliphatic heterocycles. The summed E-state index contributed by atoms with van der Waals surface area (Å²) in [5, 5.41) is 0. The number of thiophene rings is 1. The highest BCUT2D eigenvalue weighted by Crippen LogP contribution is 2.31. The Bertz CT molecular complexity index is 379. The molecule has 0 atom stereocenters. The van der Waals surface area contributed by atoms with Crippen LogP contribution < -0.4 is 0 Å². The molecule has 0 unspecified atom stereocenters. The molecule has 0 N–H and O–H groups in total. The molecular formula is C12H17Cl2NOS. The number of hydrogen-bond donors (Lipinski definition) is 0. The largest absolute Gasteiger partial charge is 0.299 e. The van der Waals surface area contributed by atoms with Gasteiger partial charge in [0.05, 0.1) is 16.4 Å². The number of hydrogen-bond acceptors (Lipinski definition) is 3. The first kappa shape index (κ1) is 15.0. The molecule has 0 bridgehead atoms. The summed E-state index contributed by atoms with van der Waals surface area (Å²) in [6.07, 6.45) is 3.51. The highest BCUT2D eigenvalue weighted by Gasteiger charge is 2.15. The van der Waals surface area contributed by atoms with Gasteiger partial charge in [0.25, 0.3) is 0 Å². The lowest BCUT2D eigenvalue weighted by molar-refractivity contribution is 0.0946. The molecule has 0 radical (unpaired) electrons. The second-order valence-electron chi connectivity index (χ2n) is 4.11. The van der Waals surface area contributed by atoms with Crippen molar-refractivity contribution in [1.82, 2.24) is 4.90 Å². The van der Waals surface area contributed by atoms with E-state index >= 15 is 0 Å². The van der Waals surface area contributed by atoms with Gasteiger partial charge in [-0.2, -0.15) is 0 Å². The molecule has 0 aromatic carbocycles. The van der Waals surface area contributed by atoms with Gasteiger partial charge in [-0.05, 0) is 26.1 Å². The molecule has 1 heterocycles. The zero-order chi connectivity index (χ0) is 12.8. The van der Waals surface area contributed by atoms with Crippen LogP contribution in [0.25, 0.3) is 0 Å². The van der Waals surface area contributed by atoms with Crippen molar-refractivity contribution < 1.29 is 4.79 Å². The number of rotatable bonds is 7. The van der Waals surface area contributed by atoms with Gasteiger partial charge < -0.3 is 0 Å². The molecule has 0 amide bonds. The number of carbonyl (C=O) groups excluding carboxylic acids is 1. The van der Waals surface area contributed by atoms with Gasteiger partial charge in [0.15, 0.2) is 5.78 Å². The predicted octanol–water partition coefficient (Wildman–Crippen LogP) is 4.36. The van der Waals surface area contributed by atoms with Gasteiger partial charge in [-0.1, -0.05) is 43.0 Å². The van der Waals surface area contributed by atoms with Crippen molar-refractivity contribution in [3.63, 3.8) is 0 Å². The van der Waals surface area contributed by atoms with Crippen LogP contribution >= 0.6 is 34.5 Å². The smallest absolute Gasteiger partial charge is 0.179 e. The Morgan fingerprint density at radius 3 is 2.65 bits per heavy atom. The average molecular weight is 294 g/mol. The van der Waals surface area contributed by atoms with Crippen molar-refractivity contribution in [2.45, 2.75) is 26.2 Å². The Hall–Kier alpha value is -0.0900. The fourth-order valence-corrected chi connectivity index (χ4v) is 3.07. The maximum absolute atomic E-state index is 11.9. The standard InChI is InChI=1S/C12H17Cl2NOS/c1-3-4-5-6-15(2)8-10(16)9-7-11(13)17-12(9)14/h7H,3-6,8H2,1-2H3. The summed E-state index contributed by atoms with van der Waals surface area (Å²) in [6, 6.07) is 1.65. The first-order chi connectivity index (χ1) is 8.04. The maximum atomic E-state index is 11.9. The summed E-state index contributed by atoms with van der Waals surface area (Å²) in [5.74, 6) is 0.0390. The number of carbonyl (C=O) groups is 1. The molecule has 5 heteroatoms. The first-order valence-corrected chi connectivity index (χ1v) is 7.28. The molecule has 0 aliphatic rings. The lowest BCUT2D eigenvalue weighted by atomic mass is 10.2. The van der Waals surface area contributed by atoms with Gasteiger partial charge in [-0.25, -0.2) is 0 Å². The van der Waals surface area contributed by atoms with Crippen LogP contribution in [0, 0.1) is 0 Å².